The molecule has 0 atom stereocenters. The van der Waals surface area contributed by atoms with E-state index >= 15 is 0 Å². The van der Waals surface area contributed by atoms with Crippen molar-refractivity contribution in [1.82, 2.24) is 9.88 Å². The molecule has 0 spiro atoms. The summed E-state index contributed by atoms with van der Waals surface area (Å²) in [7, 11) is 1.66. The van der Waals surface area contributed by atoms with Gasteiger partial charge in [-0.1, -0.05) is 36.4 Å². The van der Waals surface area contributed by atoms with E-state index in [0.29, 0.717) is 30.4 Å². The van der Waals surface area contributed by atoms with E-state index < -0.39 is 0 Å². The number of oxazole rings is 1. The monoisotopic (exact) mass is 374 g/mol. The van der Waals surface area contributed by atoms with Crippen LogP contribution in [0.1, 0.15) is 28.2 Å². The van der Waals surface area contributed by atoms with Gasteiger partial charge in [0.15, 0.2) is 5.69 Å². The quantitative estimate of drug-likeness (QED) is 0.670. The summed E-state index contributed by atoms with van der Waals surface area (Å²) >= 11 is 0. The maximum Gasteiger partial charge on any atom is 0.276 e. The van der Waals surface area contributed by atoms with Crippen molar-refractivity contribution in [3.05, 3.63) is 77.7 Å². The lowest BCUT2D eigenvalue weighted by atomic mass is 9.99. The Hall–Kier alpha value is -3.34. The Morgan fingerprint density at radius 2 is 1.82 bits per heavy atom. The second kappa shape index (κ2) is 7.72. The van der Waals surface area contributed by atoms with Gasteiger partial charge in [0.1, 0.15) is 11.5 Å². The van der Waals surface area contributed by atoms with Crippen molar-refractivity contribution < 1.29 is 13.9 Å². The fourth-order valence-electron chi connectivity index (χ4n) is 3.37. The highest BCUT2D eigenvalue weighted by molar-refractivity contribution is 5.94. The Morgan fingerprint density at radius 3 is 2.46 bits per heavy atom. The largest absolute Gasteiger partial charge is 0.497 e. The van der Waals surface area contributed by atoms with Crippen LogP contribution in [0.4, 0.5) is 0 Å². The van der Waals surface area contributed by atoms with Crippen molar-refractivity contribution >= 4 is 11.5 Å². The molecule has 3 aromatic rings. The van der Waals surface area contributed by atoms with Crippen molar-refractivity contribution in [3.63, 3.8) is 0 Å². The van der Waals surface area contributed by atoms with Crippen LogP contribution in [-0.2, 0) is 0 Å². The highest BCUT2D eigenvalue weighted by atomic mass is 16.5. The molecule has 2 aromatic carbocycles. The molecule has 0 bridgehead atoms. The molecule has 1 aromatic heterocycles. The maximum atomic E-state index is 12.9. The highest BCUT2D eigenvalue weighted by Gasteiger charge is 2.25. The zero-order valence-electron chi connectivity index (χ0n) is 16.0. The van der Waals surface area contributed by atoms with E-state index in [4.69, 9.17) is 9.15 Å². The summed E-state index contributed by atoms with van der Waals surface area (Å²) in [6.07, 6.45) is 2.91. The topological polar surface area (TPSA) is 55.6 Å². The third kappa shape index (κ3) is 3.56. The molecule has 4 rings (SSSR count). The average molecular weight is 374 g/mol. The van der Waals surface area contributed by atoms with Gasteiger partial charge in [-0.25, -0.2) is 4.98 Å². The van der Waals surface area contributed by atoms with Crippen LogP contribution in [0.5, 0.6) is 5.75 Å². The summed E-state index contributed by atoms with van der Waals surface area (Å²) in [5.41, 5.74) is 3.66. The minimum Gasteiger partial charge on any atom is -0.497 e. The molecule has 142 valence electrons. The van der Waals surface area contributed by atoms with Crippen molar-refractivity contribution in [3.8, 4) is 17.2 Å². The molecule has 1 amide bonds. The fraction of sp³-hybridized carbons (Fsp3) is 0.217. The van der Waals surface area contributed by atoms with Crippen molar-refractivity contribution in [2.75, 3.05) is 20.2 Å². The molecular weight excluding hydrogens is 352 g/mol. The van der Waals surface area contributed by atoms with Gasteiger partial charge in [0.25, 0.3) is 5.91 Å². The number of rotatable bonds is 4. The third-order valence-corrected chi connectivity index (χ3v) is 4.98. The number of aromatic nitrogens is 1. The molecule has 1 aliphatic rings. The van der Waals surface area contributed by atoms with Crippen LogP contribution in [-0.4, -0.2) is 36.0 Å². The molecule has 5 heteroatoms. The lowest BCUT2D eigenvalue weighted by Gasteiger charge is -2.26. The minimum absolute atomic E-state index is 0.0894. The van der Waals surface area contributed by atoms with Gasteiger partial charge in [-0.2, -0.15) is 0 Å². The second-order valence-electron chi connectivity index (χ2n) is 6.75. The Balaban J connectivity index is 1.49. The van der Waals surface area contributed by atoms with Gasteiger partial charge in [0.2, 0.25) is 5.89 Å². The van der Waals surface area contributed by atoms with Crippen LogP contribution < -0.4 is 4.74 Å². The normalized spacial score (nSPS) is 13.9. The van der Waals surface area contributed by atoms with Gasteiger partial charge in [0.05, 0.1) is 7.11 Å². The van der Waals surface area contributed by atoms with Crippen LogP contribution in [0.2, 0.25) is 0 Å². The lowest BCUT2D eigenvalue weighted by molar-refractivity contribution is 0.0766. The predicted octanol–water partition coefficient (Wildman–Crippen LogP) is 4.59. The van der Waals surface area contributed by atoms with Crippen LogP contribution in [0.3, 0.4) is 0 Å². The van der Waals surface area contributed by atoms with Crippen LogP contribution >= 0.6 is 0 Å². The molecule has 2 heterocycles. The molecular formula is C23H22N2O3. The Bertz CT molecular complexity index is 1000. The molecule has 0 fully saturated rings. The van der Waals surface area contributed by atoms with Gasteiger partial charge >= 0.3 is 0 Å². The highest BCUT2D eigenvalue weighted by Crippen LogP contribution is 2.26. The maximum absolute atomic E-state index is 12.9. The third-order valence-electron chi connectivity index (χ3n) is 4.98. The van der Waals surface area contributed by atoms with Gasteiger partial charge in [-0.15, -0.1) is 0 Å². The number of nitrogens with zero attached hydrogens (tertiary/aromatic N) is 2. The summed E-state index contributed by atoms with van der Waals surface area (Å²) < 4.78 is 10.9. The SMILES string of the molecule is COc1ccc(C2=CCN(C(=O)c3nc(-c4ccccc4)oc3C)CC2)cc1. The first-order valence-electron chi connectivity index (χ1n) is 9.31. The summed E-state index contributed by atoms with van der Waals surface area (Å²) in [4.78, 5) is 19.2. The standard InChI is InChI=1S/C23H22N2O3/c1-16-21(24-22(28-16)19-6-4-3-5-7-19)23(26)25-14-12-18(13-15-25)17-8-10-20(27-2)11-9-17/h3-12H,13-15H2,1-2H3. The minimum atomic E-state index is -0.0894. The number of hydrogen-bond acceptors (Lipinski definition) is 4. The fourth-order valence-corrected chi connectivity index (χ4v) is 3.37. The summed E-state index contributed by atoms with van der Waals surface area (Å²) in [6, 6.07) is 17.6. The summed E-state index contributed by atoms with van der Waals surface area (Å²) in [6.45, 7) is 3.01. The smallest absolute Gasteiger partial charge is 0.276 e. The first kappa shape index (κ1) is 18.0. The predicted molar refractivity (Wildman–Crippen MR) is 108 cm³/mol. The van der Waals surface area contributed by atoms with Crippen molar-refractivity contribution in [2.24, 2.45) is 0 Å². The Morgan fingerprint density at radius 1 is 1.07 bits per heavy atom. The number of hydrogen-bond donors (Lipinski definition) is 0. The van der Waals surface area contributed by atoms with E-state index in [-0.39, 0.29) is 5.91 Å². The number of aryl methyl sites for hydroxylation is 1. The Labute approximate surface area is 164 Å². The van der Waals surface area contributed by atoms with E-state index in [1.165, 1.54) is 5.57 Å². The molecule has 28 heavy (non-hydrogen) atoms. The van der Waals surface area contributed by atoms with Crippen LogP contribution in [0.15, 0.2) is 65.1 Å². The number of methoxy groups -OCH3 is 1. The number of ether oxygens (including phenoxy) is 1. The van der Waals surface area contributed by atoms with E-state index in [9.17, 15) is 4.79 Å². The van der Waals surface area contributed by atoms with Crippen molar-refractivity contribution in [2.45, 2.75) is 13.3 Å². The second-order valence-corrected chi connectivity index (χ2v) is 6.75. The van der Waals surface area contributed by atoms with Gasteiger partial charge < -0.3 is 14.1 Å². The van der Waals surface area contributed by atoms with E-state index in [0.717, 1.165) is 23.3 Å². The number of amides is 1. The summed E-state index contributed by atoms with van der Waals surface area (Å²) in [5.74, 6) is 1.78. The van der Waals surface area contributed by atoms with Gasteiger partial charge in [-0.3, -0.25) is 4.79 Å². The molecule has 5 nitrogen and oxygen atoms in total. The zero-order chi connectivity index (χ0) is 19.5. The van der Waals surface area contributed by atoms with Crippen LogP contribution in [0, 0.1) is 6.92 Å². The zero-order valence-corrected chi connectivity index (χ0v) is 16.0. The van der Waals surface area contributed by atoms with E-state index in [1.807, 2.05) is 47.4 Å². The molecule has 0 aliphatic carbocycles. The molecule has 0 unspecified atom stereocenters. The first-order chi connectivity index (χ1) is 13.7. The molecule has 1 aliphatic heterocycles. The lowest BCUT2D eigenvalue weighted by Crippen LogP contribution is -2.35. The van der Waals surface area contributed by atoms with Crippen LogP contribution in [0.25, 0.3) is 17.0 Å². The molecule has 0 saturated heterocycles. The summed E-state index contributed by atoms with van der Waals surface area (Å²) in [5, 5.41) is 0. The van der Waals surface area contributed by atoms with E-state index in [1.54, 1.807) is 14.0 Å². The Kier molecular flexibility index (Phi) is 4.98. The van der Waals surface area contributed by atoms with E-state index in [2.05, 4.69) is 23.2 Å². The molecule has 0 radical (unpaired) electrons. The molecule has 0 saturated carbocycles. The van der Waals surface area contributed by atoms with Gasteiger partial charge in [-0.05, 0) is 48.7 Å². The number of benzene rings is 2. The van der Waals surface area contributed by atoms with Crippen molar-refractivity contribution in [1.29, 1.82) is 0 Å². The molecule has 0 N–H and O–H groups in total. The van der Waals surface area contributed by atoms with Gasteiger partial charge in [0, 0.05) is 18.7 Å². The number of carbonyl (C=O) groups is 1. The first-order valence-corrected chi connectivity index (χ1v) is 9.31. The number of carbonyl (C=O) groups excluding carboxylic acids is 1. The average Bonchev–Trinajstić information content (AvgIpc) is 3.16.